The molecule has 4 nitrogen and oxygen atoms in total. The zero-order valence-electron chi connectivity index (χ0n) is 12.3. The number of amides is 1. The lowest BCUT2D eigenvalue weighted by Crippen LogP contribution is -2.31. The van der Waals surface area contributed by atoms with Gasteiger partial charge in [0.1, 0.15) is 6.61 Å². The summed E-state index contributed by atoms with van der Waals surface area (Å²) in [4.78, 5) is 23.3. The molecule has 0 bridgehead atoms. The summed E-state index contributed by atoms with van der Waals surface area (Å²) in [6.45, 7) is 0.299. The van der Waals surface area contributed by atoms with Crippen molar-refractivity contribution in [1.82, 2.24) is 5.32 Å². The maximum Gasteiger partial charge on any atom is 0.407 e. The highest BCUT2D eigenvalue weighted by Gasteiger charge is 2.17. The molecule has 0 aliphatic heterocycles. The normalized spacial score (nSPS) is 15.4. The molecule has 1 aliphatic rings. The van der Waals surface area contributed by atoms with Crippen molar-refractivity contribution < 1.29 is 14.3 Å². The minimum absolute atomic E-state index is 0.0735. The zero-order chi connectivity index (χ0) is 14.9. The molecule has 1 amide bonds. The summed E-state index contributed by atoms with van der Waals surface area (Å²) in [7, 11) is 0. The van der Waals surface area contributed by atoms with Crippen LogP contribution in [0.2, 0.25) is 0 Å². The number of ketones is 1. The minimum atomic E-state index is -0.532. The molecule has 21 heavy (non-hydrogen) atoms. The second-order valence-electron chi connectivity index (χ2n) is 5.66. The van der Waals surface area contributed by atoms with Crippen LogP contribution in [-0.2, 0) is 16.1 Å². The molecule has 0 heterocycles. The molecule has 2 rings (SSSR count). The van der Waals surface area contributed by atoms with Crippen molar-refractivity contribution in [1.29, 1.82) is 0 Å². The van der Waals surface area contributed by atoms with Crippen molar-refractivity contribution in [3.63, 3.8) is 0 Å². The quantitative estimate of drug-likeness (QED) is 0.872. The van der Waals surface area contributed by atoms with Gasteiger partial charge in [-0.1, -0.05) is 62.4 Å². The first-order valence-electron chi connectivity index (χ1n) is 7.70. The van der Waals surface area contributed by atoms with Gasteiger partial charge in [0.15, 0.2) is 5.78 Å². The van der Waals surface area contributed by atoms with E-state index in [1.54, 1.807) is 0 Å². The van der Waals surface area contributed by atoms with Crippen LogP contribution in [-0.4, -0.2) is 18.4 Å². The van der Waals surface area contributed by atoms with Crippen molar-refractivity contribution in [2.75, 3.05) is 6.54 Å². The minimum Gasteiger partial charge on any atom is -0.445 e. The first-order chi connectivity index (χ1) is 10.2. The van der Waals surface area contributed by atoms with Crippen molar-refractivity contribution in [2.24, 2.45) is 5.92 Å². The number of nitrogens with one attached hydrogen (secondary N) is 1. The van der Waals surface area contributed by atoms with Crippen LogP contribution in [0.15, 0.2) is 30.3 Å². The maximum atomic E-state index is 11.8. The van der Waals surface area contributed by atoms with Gasteiger partial charge >= 0.3 is 6.09 Å². The lowest BCUT2D eigenvalue weighted by molar-refractivity contribution is -0.119. The van der Waals surface area contributed by atoms with Crippen LogP contribution in [0.1, 0.15) is 44.1 Å². The number of Topliss-reactive ketones (excluding diaryl/α,β-unsaturated/α-hetero) is 1. The second kappa shape index (κ2) is 8.45. The third-order valence-electron chi connectivity index (χ3n) is 3.88. The van der Waals surface area contributed by atoms with Crippen LogP contribution in [0.25, 0.3) is 0 Å². The lowest BCUT2D eigenvalue weighted by Gasteiger charge is -2.20. The maximum absolute atomic E-state index is 11.8. The van der Waals surface area contributed by atoms with E-state index < -0.39 is 6.09 Å². The average Bonchev–Trinajstić information content (AvgIpc) is 2.53. The van der Waals surface area contributed by atoms with E-state index in [4.69, 9.17) is 4.74 Å². The van der Waals surface area contributed by atoms with E-state index in [1.807, 2.05) is 30.3 Å². The molecule has 0 radical (unpaired) electrons. The Morgan fingerprint density at radius 2 is 1.81 bits per heavy atom. The number of hydrogen-bond acceptors (Lipinski definition) is 3. The summed E-state index contributed by atoms with van der Waals surface area (Å²) >= 11 is 0. The highest BCUT2D eigenvalue weighted by Crippen LogP contribution is 2.26. The van der Waals surface area contributed by atoms with E-state index in [2.05, 4.69) is 5.32 Å². The summed E-state index contributed by atoms with van der Waals surface area (Å²) in [5.41, 5.74) is 0.932. The van der Waals surface area contributed by atoms with Gasteiger partial charge in [-0.3, -0.25) is 4.79 Å². The third kappa shape index (κ3) is 5.98. The number of ether oxygens (including phenoxy) is 1. The summed E-state index contributed by atoms with van der Waals surface area (Å²) in [5, 5.41) is 2.53. The SMILES string of the molecule is O=C(CNC(=O)OCc1ccccc1)CC1CCCCC1. The van der Waals surface area contributed by atoms with E-state index in [1.165, 1.54) is 19.3 Å². The predicted molar refractivity (Wildman–Crippen MR) is 80.8 cm³/mol. The van der Waals surface area contributed by atoms with Crippen molar-refractivity contribution >= 4 is 11.9 Å². The summed E-state index contributed by atoms with van der Waals surface area (Å²) in [5.74, 6) is 0.604. The highest BCUT2D eigenvalue weighted by atomic mass is 16.5. The Kier molecular flexibility index (Phi) is 6.25. The van der Waals surface area contributed by atoms with E-state index >= 15 is 0 Å². The topological polar surface area (TPSA) is 55.4 Å². The fourth-order valence-electron chi connectivity index (χ4n) is 2.73. The Bertz CT molecular complexity index is 452. The fourth-order valence-corrected chi connectivity index (χ4v) is 2.73. The Labute approximate surface area is 125 Å². The average molecular weight is 289 g/mol. The number of rotatable bonds is 6. The Hall–Kier alpha value is -1.84. The standard InChI is InChI=1S/C17H23NO3/c19-16(11-14-7-3-1-4-8-14)12-18-17(20)21-13-15-9-5-2-6-10-15/h2,5-6,9-10,14H,1,3-4,7-8,11-13H2,(H,18,20). The smallest absolute Gasteiger partial charge is 0.407 e. The van der Waals surface area contributed by atoms with E-state index in [0.29, 0.717) is 12.3 Å². The van der Waals surface area contributed by atoms with Gasteiger partial charge in [-0.05, 0) is 11.5 Å². The molecule has 1 aliphatic carbocycles. The van der Waals surface area contributed by atoms with Gasteiger partial charge in [0, 0.05) is 6.42 Å². The van der Waals surface area contributed by atoms with E-state index in [-0.39, 0.29) is 18.9 Å². The van der Waals surface area contributed by atoms with E-state index in [9.17, 15) is 9.59 Å². The molecule has 4 heteroatoms. The van der Waals surface area contributed by atoms with Gasteiger partial charge in [0.05, 0.1) is 6.54 Å². The Balaban J connectivity index is 1.60. The fraction of sp³-hybridized carbons (Fsp3) is 0.529. The van der Waals surface area contributed by atoms with Gasteiger partial charge < -0.3 is 10.1 Å². The van der Waals surface area contributed by atoms with E-state index in [0.717, 1.165) is 18.4 Å². The summed E-state index contributed by atoms with van der Waals surface area (Å²) < 4.78 is 5.07. The van der Waals surface area contributed by atoms with Crippen LogP contribution >= 0.6 is 0 Å². The van der Waals surface area contributed by atoms with Crippen LogP contribution in [0.3, 0.4) is 0 Å². The predicted octanol–water partition coefficient (Wildman–Crippen LogP) is 3.45. The van der Waals surface area contributed by atoms with Gasteiger partial charge in [0.25, 0.3) is 0 Å². The van der Waals surface area contributed by atoms with Crippen molar-refractivity contribution in [3.05, 3.63) is 35.9 Å². The monoisotopic (exact) mass is 289 g/mol. The summed E-state index contributed by atoms with van der Waals surface area (Å²) in [6, 6.07) is 9.48. The zero-order valence-corrected chi connectivity index (χ0v) is 12.3. The highest BCUT2D eigenvalue weighted by molar-refractivity contribution is 5.84. The Morgan fingerprint density at radius 1 is 1.10 bits per heavy atom. The lowest BCUT2D eigenvalue weighted by atomic mass is 9.86. The number of alkyl carbamates (subject to hydrolysis) is 1. The third-order valence-corrected chi connectivity index (χ3v) is 3.88. The van der Waals surface area contributed by atoms with Crippen LogP contribution in [0, 0.1) is 5.92 Å². The van der Waals surface area contributed by atoms with Gasteiger partial charge in [-0.15, -0.1) is 0 Å². The van der Waals surface area contributed by atoms with Crippen molar-refractivity contribution in [2.45, 2.75) is 45.1 Å². The van der Waals surface area contributed by atoms with Crippen LogP contribution in [0.5, 0.6) is 0 Å². The molecule has 1 N–H and O–H groups in total. The summed E-state index contributed by atoms with van der Waals surface area (Å²) in [6.07, 6.45) is 6.08. The Morgan fingerprint density at radius 3 is 2.52 bits per heavy atom. The largest absolute Gasteiger partial charge is 0.445 e. The molecule has 0 saturated heterocycles. The second-order valence-corrected chi connectivity index (χ2v) is 5.66. The molecule has 0 spiro atoms. The molecule has 1 aromatic carbocycles. The van der Waals surface area contributed by atoms with Crippen molar-refractivity contribution in [3.8, 4) is 0 Å². The van der Waals surface area contributed by atoms with Gasteiger partial charge in [-0.25, -0.2) is 4.79 Å². The molecular formula is C17H23NO3. The van der Waals surface area contributed by atoms with Gasteiger partial charge in [0.2, 0.25) is 0 Å². The molecule has 1 saturated carbocycles. The first-order valence-corrected chi connectivity index (χ1v) is 7.70. The number of hydrogen-bond donors (Lipinski definition) is 1. The van der Waals surface area contributed by atoms with Crippen LogP contribution in [0.4, 0.5) is 4.79 Å². The molecule has 114 valence electrons. The molecule has 1 fully saturated rings. The number of carbonyl (C=O) groups is 2. The molecule has 1 aromatic rings. The van der Waals surface area contributed by atoms with Crippen LogP contribution < -0.4 is 5.32 Å². The molecule has 0 unspecified atom stereocenters. The molecule has 0 aromatic heterocycles. The molecule has 0 atom stereocenters. The number of carbonyl (C=O) groups excluding carboxylic acids is 2. The first kappa shape index (κ1) is 15.5. The number of benzene rings is 1. The molecular weight excluding hydrogens is 266 g/mol. The van der Waals surface area contributed by atoms with Gasteiger partial charge in [-0.2, -0.15) is 0 Å².